The van der Waals surface area contributed by atoms with Crippen LogP contribution in [0.4, 0.5) is 5.82 Å². The Labute approximate surface area is 98.0 Å². The lowest BCUT2D eigenvalue weighted by Gasteiger charge is -2.03. The third-order valence-electron chi connectivity index (χ3n) is 2.00. The molecule has 0 fully saturated rings. The fourth-order valence-electron chi connectivity index (χ4n) is 1.22. The van der Waals surface area contributed by atoms with Gasteiger partial charge in [0.05, 0.1) is 0 Å². The van der Waals surface area contributed by atoms with Gasteiger partial charge in [0.25, 0.3) is 0 Å². The topological polar surface area (TPSA) is 58.0 Å². The van der Waals surface area contributed by atoms with Crippen LogP contribution >= 0.6 is 11.3 Å². The summed E-state index contributed by atoms with van der Waals surface area (Å²) in [6, 6.07) is 4.92. The van der Waals surface area contributed by atoms with Gasteiger partial charge in [-0.1, -0.05) is 0 Å². The van der Waals surface area contributed by atoms with Gasteiger partial charge in [0.15, 0.2) is 0 Å². The van der Waals surface area contributed by atoms with E-state index in [1.165, 1.54) is 0 Å². The van der Waals surface area contributed by atoms with E-state index in [9.17, 15) is 0 Å². The molecule has 0 spiro atoms. The van der Waals surface area contributed by atoms with Crippen LogP contribution in [0.3, 0.4) is 0 Å². The van der Waals surface area contributed by atoms with Crippen molar-refractivity contribution in [2.45, 2.75) is 6.42 Å². The molecule has 0 unspecified atom stereocenters. The van der Waals surface area contributed by atoms with Gasteiger partial charge in [-0.15, -0.1) is 11.3 Å². The molecule has 5 heteroatoms. The number of nitrogens with zero attached hydrogens (tertiary/aromatic N) is 2. The summed E-state index contributed by atoms with van der Waals surface area (Å²) in [4.78, 5) is 8.42. The Morgan fingerprint density at radius 2 is 2.38 bits per heavy atom. The van der Waals surface area contributed by atoms with Gasteiger partial charge in [0, 0.05) is 42.6 Å². The largest absolute Gasteiger partial charge is 0.396 e. The normalized spacial score (nSPS) is 10.3. The first-order valence-electron chi connectivity index (χ1n) is 5.02. The highest BCUT2D eigenvalue weighted by Gasteiger charge is 2.01. The number of hydrogen-bond donors (Lipinski definition) is 2. The molecule has 0 atom stereocenters. The minimum absolute atomic E-state index is 0.185. The quantitative estimate of drug-likeness (QED) is 0.774. The number of anilines is 1. The summed E-state index contributed by atoms with van der Waals surface area (Å²) in [6.07, 6.45) is 4.26. The monoisotopic (exact) mass is 234 g/mol. The zero-order valence-electron chi connectivity index (χ0n) is 8.68. The molecular formula is C11H12N3OS. The fourth-order valence-corrected chi connectivity index (χ4v) is 1.84. The van der Waals surface area contributed by atoms with E-state index in [1.54, 1.807) is 23.7 Å². The lowest BCUT2D eigenvalue weighted by Crippen LogP contribution is -2.04. The van der Waals surface area contributed by atoms with Crippen molar-refractivity contribution in [2.24, 2.45) is 0 Å². The van der Waals surface area contributed by atoms with Gasteiger partial charge in [-0.2, -0.15) is 0 Å². The molecule has 16 heavy (non-hydrogen) atoms. The molecule has 2 rings (SSSR count). The van der Waals surface area contributed by atoms with Gasteiger partial charge in [-0.25, -0.2) is 9.97 Å². The Kier molecular flexibility index (Phi) is 3.85. The Balaban J connectivity index is 2.00. The predicted octanol–water partition coefficient (Wildman–Crippen LogP) is 1.80. The number of pyridine rings is 1. The summed E-state index contributed by atoms with van der Waals surface area (Å²) in [5, 5.41) is 14.6. The standard InChI is InChI=1S/C11H12N3OS/c15-6-1-4-12-10-3-2-9(8-14-10)11-13-5-7-16-11/h2,5,7-8,15H,1,4,6H2,(H,12,14). The van der Waals surface area contributed by atoms with Gasteiger partial charge in [-0.3, -0.25) is 0 Å². The van der Waals surface area contributed by atoms with E-state index in [2.05, 4.69) is 21.4 Å². The molecule has 0 saturated carbocycles. The van der Waals surface area contributed by atoms with Gasteiger partial charge in [0.2, 0.25) is 0 Å². The molecule has 2 aromatic heterocycles. The first kappa shape index (κ1) is 11.0. The van der Waals surface area contributed by atoms with Crippen molar-refractivity contribution in [1.82, 2.24) is 9.97 Å². The number of aromatic nitrogens is 2. The Bertz CT molecular complexity index is 413. The van der Waals surface area contributed by atoms with E-state index in [0.717, 1.165) is 10.6 Å². The second-order valence-corrected chi connectivity index (χ2v) is 4.09. The number of aliphatic hydroxyl groups is 1. The number of aliphatic hydroxyl groups excluding tert-OH is 1. The van der Waals surface area contributed by atoms with E-state index in [1.807, 2.05) is 11.4 Å². The number of thiazole rings is 1. The third-order valence-corrected chi connectivity index (χ3v) is 2.83. The van der Waals surface area contributed by atoms with Crippen LogP contribution in [-0.2, 0) is 0 Å². The second-order valence-electron chi connectivity index (χ2n) is 3.19. The lowest BCUT2D eigenvalue weighted by molar-refractivity contribution is 0.292. The Morgan fingerprint density at radius 1 is 1.44 bits per heavy atom. The molecule has 0 saturated heterocycles. The van der Waals surface area contributed by atoms with E-state index in [0.29, 0.717) is 18.8 Å². The smallest absolute Gasteiger partial charge is 0.134 e. The number of nitrogens with one attached hydrogen (secondary N) is 1. The first-order valence-corrected chi connectivity index (χ1v) is 5.90. The second kappa shape index (κ2) is 5.58. The maximum absolute atomic E-state index is 8.64. The molecule has 83 valence electrons. The number of rotatable bonds is 5. The highest BCUT2D eigenvalue weighted by Crippen LogP contribution is 2.21. The summed E-state index contributed by atoms with van der Waals surface area (Å²) in [6.45, 7) is 0.890. The van der Waals surface area contributed by atoms with Gasteiger partial charge >= 0.3 is 0 Å². The molecule has 0 aliphatic carbocycles. The van der Waals surface area contributed by atoms with Crippen LogP contribution in [-0.4, -0.2) is 28.2 Å². The predicted molar refractivity (Wildman–Crippen MR) is 64.4 cm³/mol. The molecule has 0 aliphatic heterocycles. The van der Waals surface area contributed by atoms with Crippen molar-refractivity contribution in [3.8, 4) is 10.6 Å². The van der Waals surface area contributed by atoms with Crippen molar-refractivity contribution < 1.29 is 5.11 Å². The molecule has 0 aromatic carbocycles. The maximum atomic E-state index is 8.64. The summed E-state index contributed by atoms with van der Waals surface area (Å²) < 4.78 is 0. The van der Waals surface area contributed by atoms with Gasteiger partial charge in [0.1, 0.15) is 10.8 Å². The maximum Gasteiger partial charge on any atom is 0.134 e. The van der Waals surface area contributed by atoms with Crippen LogP contribution in [0.25, 0.3) is 10.6 Å². The van der Waals surface area contributed by atoms with Gasteiger partial charge in [-0.05, 0) is 12.5 Å². The lowest BCUT2D eigenvalue weighted by atomic mass is 10.3. The van der Waals surface area contributed by atoms with Crippen LogP contribution in [0.1, 0.15) is 6.42 Å². The minimum Gasteiger partial charge on any atom is -0.396 e. The fraction of sp³-hybridized carbons (Fsp3) is 0.273. The molecule has 2 heterocycles. The molecule has 1 radical (unpaired) electrons. The van der Waals surface area contributed by atoms with Crippen LogP contribution < -0.4 is 5.32 Å². The average Bonchev–Trinajstić information content (AvgIpc) is 2.84. The van der Waals surface area contributed by atoms with E-state index >= 15 is 0 Å². The van der Waals surface area contributed by atoms with Crippen molar-refractivity contribution in [3.63, 3.8) is 0 Å². The SMILES string of the molecule is OCCCNc1[c]cc(-c2nccs2)cn1. The summed E-state index contributed by atoms with van der Waals surface area (Å²) in [7, 11) is 0. The van der Waals surface area contributed by atoms with Crippen LogP contribution in [0.15, 0.2) is 23.8 Å². The molecule has 0 bridgehead atoms. The van der Waals surface area contributed by atoms with Crippen molar-refractivity contribution in [3.05, 3.63) is 29.9 Å². The molecule has 2 N–H and O–H groups in total. The third kappa shape index (κ3) is 2.77. The van der Waals surface area contributed by atoms with Crippen molar-refractivity contribution >= 4 is 17.2 Å². The molecule has 0 amide bonds. The van der Waals surface area contributed by atoms with Crippen LogP contribution in [0, 0.1) is 6.07 Å². The average molecular weight is 234 g/mol. The summed E-state index contributed by atoms with van der Waals surface area (Å²) >= 11 is 1.58. The van der Waals surface area contributed by atoms with Crippen molar-refractivity contribution in [1.29, 1.82) is 0 Å². The highest BCUT2D eigenvalue weighted by atomic mass is 32.1. The molecule has 0 aliphatic rings. The zero-order chi connectivity index (χ0) is 11.2. The summed E-state index contributed by atoms with van der Waals surface area (Å²) in [5.41, 5.74) is 0.975. The van der Waals surface area contributed by atoms with Crippen LogP contribution in [0.2, 0.25) is 0 Å². The first-order chi connectivity index (χ1) is 7.90. The molecular weight excluding hydrogens is 222 g/mol. The van der Waals surface area contributed by atoms with Gasteiger partial charge < -0.3 is 10.4 Å². The highest BCUT2D eigenvalue weighted by molar-refractivity contribution is 7.13. The minimum atomic E-state index is 0.185. The Hall–Kier alpha value is -1.46. The van der Waals surface area contributed by atoms with E-state index in [4.69, 9.17) is 5.11 Å². The van der Waals surface area contributed by atoms with E-state index < -0.39 is 0 Å². The Morgan fingerprint density at radius 3 is 3.00 bits per heavy atom. The molecule has 4 nitrogen and oxygen atoms in total. The van der Waals surface area contributed by atoms with Crippen LogP contribution in [0.5, 0.6) is 0 Å². The zero-order valence-corrected chi connectivity index (χ0v) is 9.50. The number of hydrogen-bond acceptors (Lipinski definition) is 5. The summed E-state index contributed by atoms with van der Waals surface area (Å²) in [5.74, 6) is 0.703. The van der Waals surface area contributed by atoms with Crippen molar-refractivity contribution in [2.75, 3.05) is 18.5 Å². The molecule has 2 aromatic rings. The van der Waals surface area contributed by atoms with E-state index in [-0.39, 0.29) is 6.61 Å².